The van der Waals surface area contributed by atoms with E-state index in [2.05, 4.69) is 43.5 Å². The molecule has 2 aromatic heterocycles. The molecule has 1 amide bonds. The van der Waals surface area contributed by atoms with Gasteiger partial charge in [0.15, 0.2) is 0 Å². The van der Waals surface area contributed by atoms with Crippen LogP contribution in [0.25, 0.3) is 0 Å². The summed E-state index contributed by atoms with van der Waals surface area (Å²) in [5.41, 5.74) is 6.66. The van der Waals surface area contributed by atoms with Crippen LogP contribution in [0.1, 0.15) is 31.5 Å². The average Bonchev–Trinajstić information content (AvgIpc) is 2.90. The van der Waals surface area contributed by atoms with E-state index in [0.717, 1.165) is 17.3 Å². The molecule has 7 nitrogen and oxygen atoms in total. The molecule has 3 N–H and O–H groups in total. The van der Waals surface area contributed by atoms with Crippen LogP contribution in [-0.4, -0.2) is 25.9 Å². The number of carbonyl (C=O) groups is 1. The fourth-order valence-electron chi connectivity index (χ4n) is 1.80. The first kappa shape index (κ1) is 15.6. The van der Waals surface area contributed by atoms with Crippen molar-refractivity contribution in [3.05, 3.63) is 34.7 Å². The van der Waals surface area contributed by atoms with Gasteiger partial charge in [-0.05, 0) is 34.5 Å². The van der Waals surface area contributed by atoms with Crippen LogP contribution in [0.2, 0.25) is 0 Å². The number of carbonyl (C=O) groups excluding carboxylic acids is 1. The summed E-state index contributed by atoms with van der Waals surface area (Å²) in [6.07, 6.45) is 5.14. The summed E-state index contributed by atoms with van der Waals surface area (Å²) in [5.74, 6) is 0.275. The lowest BCUT2D eigenvalue weighted by Gasteiger charge is -2.05. The Bertz CT molecular complexity index is 597. The largest absolute Gasteiger partial charge is 0.323 e. The van der Waals surface area contributed by atoms with Crippen LogP contribution in [0.15, 0.2) is 29.0 Å². The number of hydrogen-bond donors (Lipinski definition) is 2. The number of amides is 1. The minimum Gasteiger partial charge on any atom is -0.323 e. The number of anilines is 1. The topological polar surface area (TPSA) is 98.7 Å². The molecule has 2 rings (SSSR count). The Labute approximate surface area is 131 Å². The lowest BCUT2D eigenvalue weighted by atomic mass is 10.1. The van der Waals surface area contributed by atoms with Crippen LogP contribution in [-0.2, 0) is 11.3 Å². The molecule has 1 atom stereocenters. The van der Waals surface area contributed by atoms with E-state index in [9.17, 15) is 4.79 Å². The Morgan fingerprint density at radius 3 is 3.00 bits per heavy atom. The zero-order valence-electron chi connectivity index (χ0n) is 11.7. The Kier molecular flexibility index (Phi) is 5.40. The van der Waals surface area contributed by atoms with Crippen molar-refractivity contribution in [2.75, 3.05) is 5.32 Å². The number of nitrogens with zero attached hydrogens (tertiary/aromatic N) is 4. The van der Waals surface area contributed by atoms with Gasteiger partial charge in [-0.3, -0.25) is 4.79 Å². The maximum Gasteiger partial charge on any atom is 0.247 e. The SMILES string of the molecule is CCCC(N)c1cn(CC(=O)Nc2ccc(Br)cn2)nn1. The molecule has 0 aliphatic rings. The summed E-state index contributed by atoms with van der Waals surface area (Å²) >= 11 is 3.28. The van der Waals surface area contributed by atoms with E-state index in [4.69, 9.17) is 5.73 Å². The molecule has 0 radical (unpaired) electrons. The van der Waals surface area contributed by atoms with Gasteiger partial charge in [-0.1, -0.05) is 18.6 Å². The van der Waals surface area contributed by atoms with Crippen LogP contribution in [0.3, 0.4) is 0 Å². The van der Waals surface area contributed by atoms with Gasteiger partial charge in [0, 0.05) is 10.7 Å². The molecule has 8 heteroatoms. The number of hydrogen-bond acceptors (Lipinski definition) is 5. The third kappa shape index (κ3) is 4.61. The second kappa shape index (κ2) is 7.28. The van der Waals surface area contributed by atoms with Crippen molar-refractivity contribution in [2.45, 2.75) is 32.4 Å². The van der Waals surface area contributed by atoms with Crippen LogP contribution in [0.5, 0.6) is 0 Å². The van der Waals surface area contributed by atoms with Gasteiger partial charge < -0.3 is 11.1 Å². The van der Waals surface area contributed by atoms with Crippen LogP contribution >= 0.6 is 15.9 Å². The van der Waals surface area contributed by atoms with Gasteiger partial charge in [0.05, 0.1) is 17.9 Å². The van der Waals surface area contributed by atoms with Crippen molar-refractivity contribution in [1.29, 1.82) is 0 Å². The predicted octanol–water partition coefficient (Wildman–Crippen LogP) is 1.87. The number of nitrogens with two attached hydrogens (primary N) is 1. The average molecular weight is 353 g/mol. The zero-order chi connectivity index (χ0) is 15.2. The number of nitrogens with one attached hydrogen (secondary N) is 1. The summed E-state index contributed by atoms with van der Waals surface area (Å²) in [6.45, 7) is 2.13. The normalized spacial score (nSPS) is 12.1. The summed E-state index contributed by atoms with van der Waals surface area (Å²) in [6, 6.07) is 3.38. The minimum atomic E-state index is -0.217. The summed E-state index contributed by atoms with van der Waals surface area (Å²) in [7, 11) is 0. The number of pyridine rings is 1. The first-order valence-electron chi connectivity index (χ1n) is 6.65. The van der Waals surface area contributed by atoms with E-state index in [1.807, 2.05) is 0 Å². The minimum absolute atomic E-state index is 0.0730. The molecule has 21 heavy (non-hydrogen) atoms. The Morgan fingerprint density at radius 1 is 1.52 bits per heavy atom. The maximum atomic E-state index is 11.9. The quantitative estimate of drug-likeness (QED) is 0.826. The highest BCUT2D eigenvalue weighted by molar-refractivity contribution is 9.10. The van der Waals surface area contributed by atoms with Crippen molar-refractivity contribution in [3.8, 4) is 0 Å². The third-order valence-electron chi connectivity index (χ3n) is 2.84. The second-order valence-corrected chi connectivity index (χ2v) is 5.56. The van der Waals surface area contributed by atoms with Gasteiger partial charge in [0.25, 0.3) is 0 Å². The van der Waals surface area contributed by atoms with E-state index >= 15 is 0 Å². The van der Waals surface area contributed by atoms with Crippen LogP contribution < -0.4 is 11.1 Å². The highest BCUT2D eigenvalue weighted by atomic mass is 79.9. The monoisotopic (exact) mass is 352 g/mol. The molecule has 0 saturated carbocycles. The molecule has 112 valence electrons. The van der Waals surface area contributed by atoms with Crippen molar-refractivity contribution in [3.63, 3.8) is 0 Å². The lowest BCUT2D eigenvalue weighted by molar-refractivity contribution is -0.116. The third-order valence-corrected chi connectivity index (χ3v) is 3.31. The first-order chi connectivity index (χ1) is 10.1. The molecule has 0 spiro atoms. The molecule has 0 aliphatic heterocycles. The zero-order valence-corrected chi connectivity index (χ0v) is 13.2. The summed E-state index contributed by atoms with van der Waals surface area (Å²) < 4.78 is 2.32. The molecule has 1 unspecified atom stereocenters. The maximum absolute atomic E-state index is 11.9. The summed E-state index contributed by atoms with van der Waals surface area (Å²) in [4.78, 5) is 16.0. The van der Waals surface area contributed by atoms with Crippen LogP contribution in [0.4, 0.5) is 5.82 Å². The highest BCUT2D eigenvalue weighted by Gasteiger charge is 2.11. The molecular weight excluding hydrogens is 336 g/mol. The van der Waals surface area contributed by atoms with Crippen LogP contribution in [0, 0.1) is 0 Å². The van der Waals surface area contributed by atoms with Crippen molar-refractivity contribution in [2.24, 2.45) is 5.73 Å². The fourth-order valence-corrected chi connectivity index (χ4v) is 2.03. The fraction of sp³-hybridized carbons (Fsp3) is 0.385. The van der Waals surface area contributed by atoms with E-state index in [-0.39, 0.29) is 18.5 Å². The molecule has 2 heterocycles. The molecule has 0 saturated heterocycles. The predicted molar refractivity (Wildman–Crippen MR) is 82.4 cm³/mol. The molecule has 2 aromatic rings. The van der Waals surface area contributed by atoms with Gasteiger partial charge in [-0.2, -0.15) is 0 Å². The Morgan fingerprint density at radius 2 is 2.33 bits per heavy atom. The second-order valence-electron chi connectivity index (χ2n) is 4.65. The molecule has 0 bridgehead atoms. The summed E-state index contributed by atoms with van der Waals surface area (Å²) in [5, 5.41) is 10.6. The van der Waals surface area contributed by atoms with Gasteiger partial charge in [-0.15, -0.1) is 5.10 Å². The Balaban J connectivity index is 1.92. The van der Waals surface area contributed by atoms with Gasteiger partial charge in [-0.25, -0.2) is 9.67 Å². The molecule has 0 aromatic carbocycles. The van der Waals surface area contributed by atoms with E-state index in [0.29, 0.717) is 11.5 Å². The Hall–Kier alpha value is -1.80. The van der Waals surface area contributed by atoms with Crippen molar-refractivity contribution in [1.82, 2.24) is 20.0 Å². The standard InChI is InChI=1S/C13H17BrN6O/c1-2-3-10(15)11-7-20(19-18-11)8-13(21)17-12-5-4-9(14)6-16-12/h4-7,10H,2-3,8,15H2,1H3,(H,16,17,21). The number of rotatable bonds is 6. The van der Waals surface area contributed by atoms with E-state index in [1.54, 1.807) is 24.5 Å². The van der Waals surface area contributed by atoms with Gasteiger partial charge in [0.1, 0.15) is 12.4 Å². The van der Waals surface area contributed by atoms with Crippen molar-refractivity contribution < 1.29 is 4.79 Å². The highest BCUT2D eigenvalue weighted by Crippen LogP contribution is 2.12. The van der Waals surface area contributed by atoms with E-state index < -0.39 is 0 Å². The number of halogens is 1. The van der Waals surface area contributed by atoms with Gasteiger partial charge >= 0.3 is 0 Å². The molecule has 0 aliphatic carbocycles. The molecular formula is C13H17BrN6O. The van der Waals surface area contributed by atoms with Gasteiger partial charge in [0.2, 0.25) is 5.91 Å². The lowest BCUT2D eigenvalue weighted by Crippen LogP contribution is -2.19. The number of aromatic nitrogens is 4. The van der Waals surface area contributed by atoms with E-state index in [1.165, 1.54) is 4.68 Å². The molecule has 0 fully saturated rings. The smallest absolute Gasteiger partial charge is 0.247 e. The van der Waals surface area contributed by atoms with Crippen molar-refractivity contribution >= 4 is 27.7 Å². The first-order valence-corrected chi connectivity index (χ1v) is 7.44.